The van der Waals surface area contributed by atoms with Crippen LogP contribution in [0.15, 0.2) is 184 Å². The second-order valence-corrected chi connectivity index (χ2v) is 16.9. The third-order valence-electron chi connectivity index (χ3n) is 11.0. The molecule has 0 amide bonds. The molecule has 1 spiro atoms. The topological polar surface area (TPSA) is 26.3 Å². The molecule has 0 N–H and O–H groups in total. The van der Waals surface area contributed by atoms with Crippen LogP contribution < -0.4 is 26.8 Å². The van der Waals surface area contributed by atoms with Gasteiger partial charge in [0.15, 0.2) is 8.07 Å². The highest BCUT2D eigenvalue weighted by Gasteiger charge is 2.48. The molecule has 0 saturated heterocycles. The van der Waals surface area contributed by atoms with Gasteiger partial charge in [-0.25, -0.2) is 0 Å². The van der Waals surface area contributed by atoms with Gasteiger partial charge >= 0.3 is 0 Å². The van der Waals surface area contributed by atoms with Crippen LogP contribution in [0.5, 0.6) is 0 Å². The molecule has 50 heavy (non-hydrogen) atoms. The number of para-hydroxylation sites is 2. The lowest BCUT2D eigenvalue weighted by molar-refractivity contribution is 0.668. The lowest BCUT2D eigenvalue weighted by Crippen LogP contribution is -2.77. The maximum Gasteiger partial charge on any atom is 0.240 e. The third kappa shape index (κ3) is 3.80. The number of rotatable bonds is 3. The van der Waals surface area contributed by atoms with Gasteiger partial charge in [-0.3, -0.25) is 0 Å². The first-order valence-corrected chi connectivity index (χ1v) is 19.5. The van der Waals surface area contributed by atoms with E-state index in [2.05, 4.69) is 175 Å². The van der Waals surface area contributed by atoms with E-state index < -0.39 is 8.07 Å². The van der Waals surface area contributed by atoms with E-state index >= 15 is 0 Å². The molecule has 2 aromatic heterocycles. The van der Waals surface area contributed by atoms with Gasteiger partial charge in [-0.05, 0) is 46.5 Å². The Morgan fingerprint density at radius 3 is 1.36 bits per heavy atom. The predicted octanol–water partition coefficient (Wildman–Crippen LogP) is 8.14. The van der Waals surface area contributed by atoms with Crippen LogP contribution in [0.3, 0.4) is 0 Å². The molecule has 0 aliphatic carbocycles. The van der Waals surface area contributed by atoms with E-state index in [0.29, 0.717) is 0 Å². The lowest BCUT2D eigenvalue weighted by Gasteiger charge is -2.37. The summed E-state index contributed by atoms with van der Waals surface area (Å²) in [5, 5.41) is 7.51. The van der Waals surface area contributed by atoms with Crippen LogP contribution in [0, 0.1) is 0 Å². The Kier molecular flexibility index (Phi) is 5.81. The molecule has 2 nitrogen and oxygen atoms in total. The van der Waals surface area contributed by atoms with E-state index in [4.69, 9.17) is 8.83 Å². The van der Waals surface area contributed by atoms with Gasteiger partial charge in [-0.15, -0.1) is 0 Å². The van der Waals surface area contributed by atoms with Crippen molar-refractivity contribution in [3.8, 4) is 0 Å². The molecule has 0 fully saturated rings. The van der Waals surface area contributed by atoms with E-state index in [0.717, 1.165) is 43.9 Å². The van der Waals surface area contributed by atoms with Gasteiger partial charge in [0.25, 0.3) is 0 Å². The van der Waals surface area contributed by atoms with Gasteiger partial charge in [0.2, 0.25) is 6.71 Å². The molecule has 4 heterocycles. The first-order chi connectivity index (χ1) is 24.8. The summed E-state index contributed by atoms with van der Waals surface area (Å²) in [4.78, 5) is 0. The summed E-state index contributed by atoms with van der Waals surface area (Å²) in [6, 6.07) is 59.4. The number of benzene rings is 7. The monoisotopic (exact) mass is 652 g/mol. The largest absolute Gasteiger partial charge is 0.456 e. The Hall–Kier alpha value is -6.10. The van der Waals surface area contributed by atoms with Gasteiger partial charge in [0.05, 0.1) is 0 Å². The second kappa shape index (κ2) is 10.4. The number of hydrogen-bond donors (Lipinski definition) is 0. The lowest BCUT2D eigenvalue weighted by atomic mass is 9.36. The molecule has 0 saturated carbocycles. The van der Waals surface area contributed by atoms with Crippen molar-refractivity contribution in [1.29, 1.82) is 0 Å². The zero-order chi connectivity index (χ0) is 32.8. The molecule has 11 rings (SSSR count). The Labute approximate surface area is 290 Å². The average molecular weight is 653 g/mol. The summed E-state index contributed by atoms with van der Waals surface area (Å²) < 4.78 is 12.9. The van der Waals surface area contributed by atoms with Crippen molar-refractivity contribution in [3.05, 3.63) is 186 Å². The number of allylic oxidation sites excluding steroid dienone is 2. The van der Waals surface area contributed by atoms with E-state index in [-0.39, 0.29) is 6.71 Å². The fourth-order valence-electron chi connectivity index (χ4n) is 8.98. The van der Waals surface area contributed by atoms with Crippen LogP contribution in [-0.4, -0.2) is 14.8 Å². The molecular weight excluding hydrogens is 623 g/mol. The first kappa shape index (κ1) is 27.8. The molecule has 0 unspecified atom stereocenters. The minimum absolute atomic E-state index is 0.165. The Balaban J connectivity index is 1.28. The van der Waals surface area contributed by atoms with Crippen molar-refractivity contribution >= 4 is 96.6 Å². The van der Waals surface area contributed by atoms with Crippen molar-refractivity contribution in [2.24, 2.45) is 0 Å². The second-order valence-electron chi connectivity index (χ2n) is 13.6. The molecule has 232 valence electrons. The molecule has 0 radical (unpaired) electrons. The molecule has 0 bridgehead atoms. The first-order valence-electron chi connectivity index (χ1n) is 17.3. The van der Waals surface area contributed by atoms with Gasteiger partial charge < -0.3 is 8.83 Å². The average Bonchev–Trinajstić information content (AvgIpc) is 3.88. The number of furan rings is 2. The fourth-order valence-corrected chi connectivity index (χ4v) is 13.7. The van der Waals surface area contributed by atoms with Gasteiger partial charge in [-0.2, -0.15) is 0 Å². The molecule has 7 aromatic carbocycles. The highest BCUT2D eigenvalue weighted by Crippen LogP contribution is 2.47. The zero-order valence-corrected chi connectivity index (χ0v) is 28.1. The van der Waals surface area contributed by atoms with Crippen LogP contribution in [0.2, 0.25) is 0 Å². The van der Waals surface area contributed by atoms with E-state index in [1.165, 1.54) is 49.0 Å². The van der Waals surface area contributed by atoms with Crippen molar-refractivity contribution in [2.45, 2.75) is 0 Å². The maximum absolute atomic E-state index is 6.47. The van der Waals surface area contributed by atoms with Crippen LogP contribution in [-0.2, 0) is 0 Å². The normalized spacial score (nSPS) is 14.8. The van der Waals surface area contributed by atoms with Crippen LogP contribution in [0.4, 0.5) is 0 Å². The van der Waals surface area contributed by atoms with Crippen LogP contribution >= 0.6 is 0 Å². The third-order valence-corrected chi connectivity index (χ3v) is 15.2. The predicted molar refractivity (Wildman–Crippen MR) is 212 cm³/mol. The van der Waals surface area contributed by atoms with Crippen molar-refractivity contribution in [1.82, 2.24) is 0 Å². The molecule has 4 heteroatoms. The minimum Gasteiger partial charge on any atom is -0.456 e. The standard InChI is InChI=1S/C46H29BO2Si/c1-2-14-30(15-3-1)47-37-20-6-10-26-43(37)50(44-27-11-7-21-38(44)47)28-35(31-18-12-24-41-45(31)33-16-4-8-22-39(33)48-41)36(29-50)32-19-13-25-42-46(32)34-17-5-9-23-40(34)49-42/h1-29H. The van der Waals surface area contributed by atoms with E-state index in [1.807, 2.05) is 0 Å². The van der Waals surface area contributed by atoms with Gasteiger partial charge in [0.1, 0.15) is 22.3 Å². The Morgan fingerprint density at radius 2 is 0.820 bits per heavy atom. The summed E-state index contributed by atoms with van der Waals surface area (Å²) in [6.45, 7) is 0.165. The number of fused-ring (bicyclic) bond motifs is 10. The smallest absolute Gasteiger partial charge is 0.240 e. The highest BCUT2D eigenvalue weighted by molar-refractivity contribution is 7.20. The summed E-state index contributed by atoms with van der Waals surface area (Å²) in [5.41, 5.74) is 18.0. The van der Waals surface area contributed by atoms with E-state index in [1.54, 1.807) is 0 Å². The summed E-state index contributed by atoms with van der Waals surface area (Å²) in [5.74, 6) is 0. The van der Waals surface area contributed by atoms with Crippen molar-refractivity contribution < 1.29 is 8.83 Å². The van der Waals surface area contributed by atoms with E-state index in [9.17, 15) is 0 Å². The van der Waals surface area contributed by atoms with Gasteiger partial charge in [0, 0.05) is 21.5 Å². The van der Waals surface area contributed by atoms with Crippen LogP contribution in [0.1, 0.15) is 11.1 Å². The quantitative estimate of drug-likeness (QED) is 0.180. The Morgan fingerprint density at radius 1 is 0.380 bits per heavy atom. The SMILES string of the molecule is C1=C(c2cccc3oc4ccccc4c23)C(c2cccc3oc4ccccc4c23)=C[Si]12c1ccccc1B(c1ccccc1)c1ccccc12. The maximum atomic E-state index is 6.47. The highest BCUT2D eigenvalue weighted by atomic mass is 28.3. The van der Waals surface area contributed by atoms with Crippen molar-refractivity contribution in [3.63, 3.8) is 0 Å². The van der Waals surface area contributed by atoms with Crippen molar-refractivity contribution in [2.75, 3.05) is 0 Å². The molecule has 2 aliphatic rings. The molecule has 9 aromatic rings. The minimum atomic E-state index is -2.68. The molecular formula is C46H29BO2Si. The summed E-state index contributed by atoms with van der Waals surface area (Å²) in [6.07, 6.45) is 0. The van der Waals surface area contributed by atoms with Gasteiger partial charge in [-0.1, -0.05) is 178 Å². The molecule has 2 aliphatic heterocycles. The summed E-state index contributed by atoms with van der Waals surface area (Å²) in [7, 11) is -2.68. The summed E-state index contributed by atoms with van der Waals surface area (Å²) >= 11 is 0. The van der Waals surface area contributed by atoms with Crippen LogP contribution in [0.25, 0.3) is 55.0 Å². The fraction of sp³-hybridized carbons (Fsp3) is 0. The Bertz CT molecular complexity index is 2710. The zero-order valence-electron chi connectivity index (χ0n) is 27.1. The molecule has 0 atom stereocenters. The number of hydrogen-bond acceptors (Lipinski definition) is 2.